The van der Waals surface area contributed by atoms with Crippen LogP contribution in [-0.4, -0.2) is 55.0 Å². The fourth-order valence-corrected chi connectivity index (χ4v) is 5.67. The topological polar surface area (TPSA) is 53.5 Å². The van der Waals surface area contributed by atoms with Crippen LogP contribution in [0.2, 0.25) is 0 Å². The summed E-state index contributed by atoms with van der Waals surface area (Å²) in [4.78, 5) is 14.1. The van der Waals surface area contributed by atoms with Crippen LogP contribution < -0.4 is 19.9 Å². The minimum absolute atomic E-state index is 0.121. The number of benzene rings is 2. The summed E-state index contributed by atoms with van der Waals surface area (Å²) in [5, 5.41) is 5.95. The second-order valence-electron chi connectivity index (χ2n) is 9.21. The summed E-state index contributed by atoms with van der Waals surface area (Å²) in [6, 6.07) is 13.4. The van der Waals surface area contributed by atoms with Gasteiger partial charge in [-0.25, -0.2) is 4.39 Å². The average Bonchev–Trinajstić information content (AvgIpc) is 3.08. The second kappa shape index (κ2) is 7.59. The van der Waals surface area contributed by atoms with Crippen LogP contribution in [0.4, 0.5) is 15.9 Å². The van der Waals surface area contributed by atoms with Crippen LogP contribution in [0, 0.1) is 6.92 Å². The van der Waals surface area contributed by atoms with Gasteiger partial charge < -0.3 is 19.9 Å². The van der Waals surface area contributed by atoms with E-state index >= 15 is 0 Å². The highest BCUT2D eigenvalue weighted by atomic mass is 19.1. The lowest BCUT2D eigenvalue weighted by atomic mass is 9.99. The molecule has 32 heavy (non-hydrogen) atoms. The number of aryl methyl sites for hydroxylation is 1. The first-order valence-corrected chi connectivity index (χ1v) is 11.4. The van der Waals surface area contributed by atoms with E-state index in [4.69, 9.17) is 14.7 Å². The van der Waals surface area contributed by atoms with E-state index in [2.05, 4.69) is 58.4 Å². The van der Waals surface area contributed by atoms with Gasteiger partial charge in [-0.1, -0.05) is 30.3 Å². The van der Waals surface area contributed by atoms with Gasteiger partial charge in [-0.15, -0.1) is 0 Å². The molecule has 2 bridgehead atoms. The number of anilines is 2. The van der Waals surface area contributed by atoms with Gasteiger partial charge in [0.05, 0.1) is 25.4 Å². The quantitative estimate of drug-likeness (QED) is 0.683. The molecule has 3 aliphatic heterocycles. The Morgan fingerprint density at radius 2 is 1.94 bits per heavy atom. The molecule has 3 atom stereocenters. The van der Waals surface area contributed by atoms with Crippen molar-refractivity contribution in [1.29, 1.82) is 0 Å². The van der Waals surface area contributed by atoms with Gasteiger partial charge in [-0.3, -0.25) is 0 Å². The van der Waals surface area contributed by atoms with Gasteiger partial charge in [0, 0.05) is 42.3 Å². The van der Waals surface area contributed by atoms with Gasteiger partial charge in [0.15, 0.2) is 0 Å². The average molecular weight is 434 g/mol. The SMILES string of the molecule is COc1nc2c(c(N3CC4CC(F)C(C3)N4)n1)CCN(c1cccc3cccc(C)c13)C2. The zero-order chi connectivity index (χ0) is 21.8. The van der Waals surface area contributed by atoms with Crippen LogP contribution in [0.25, 0.3) is 10.8 Å². The number of nitrogens with one attached hydrogen (secondary N) is 1. The van der Waals surface area contributed by atoms with Gasteiger partial charge in [0.25, 0.3) is 0 Å². The molecule has 6 rings (SSSR count). The van der Waals surface area contributed by atoms with Crippen LogP contribution >= 0.6 is 0 Å². The highest BCUT2D eigenvalue weighted by molar-refractivity contribution is 5.97. The van der Waals surface area contributed by atoms with E-state index in [9.17, 15) is 4.39 Å². The first kappa shape index (κ1) is 19.7. The molecule has 0 amide bonds. The van der Waals surface area contributed by atoms with Crippen molar-refractivity contribution < 1.29 is 9.13 Å². The summed E-state index contributed by atoms with van der Waals surface area (Å²) < 4.78 is 19.8. The fourth-order valence-electron chi connectivity index (χ4n) is 5.67. The van der Waals surface area contributed by atoms with Crippen LogP contribution in [0.3, 0.4) is 0 Å². The third kappa shape index (κ3) is 3.18. The number of fused-ring (bicyclic) bond motifs is 4. The maximum atomic E-state index is 14.3. The molecule has 2 aromatic carbocycles. The molecular formula is C25H28FN5O. The third-order valence-electron chi connectivity index (χ3n) is 7.19. The molecule has 0 radical (unpaired) electrons. The molecule has 7 heteroatoms. The smallest absolute Gasteiger partial charge is 0.318 e. The van der Waals surface area contributed by atoms with Gasteiger partial charge in [-0.05, 0) is 36.8 Å². The Labute approximate surface area is 187 Å². The summed E-state index contributed by atoms with van der Waals surface area (Å²) in [6.07, 6.45) is 0.657. The van der Waals surface area contributed by atoms with Crippen molar-refractivity contribution in [3.63, 3.8) is 0 Å². The molecule has 2 fully saturated rings. The van der Waals surface area contributed by atoms with Crippen LogP contribution in [-0.2, 0) is 13.0 Å². The lowest BCUT2D eigenvalue weighted by molar-refractivity contribution is 0.303. The molecule has 0 spiro atoms. The number of ether oxygens (including phenoxy) is 1. The van der Waals surface area contributed by atoms with Crippen molar-refractivity contribution in [2.75, 3.05) is 36.5 Å². The van der Waals surface area contributed by atoms with Gasteiger partial charge in [-0.2, -0.15) is 9.97 Å². The van der Waals surface area contributed by atoms with Crippen molar-refractivity contribution >= 4 is 22.3 Å². The predicted octanol–water partition coefficient (Wildman–Crippen LogP) is 3.40. The van der Waals surface area contributed by atoms with Crippen molar-refractivity contribution in [1.82, 2.24) is 15.3 Å². The van der Waals surface area contributed by atoms with Crippen LogP contribution in [0.5, 0.6) is 6.01 Å². The molecule has 4 heterocycles. The van der Waals surface area contributed by atoms with Gasteiger partial charge in [0.2, 0.25) is 0 Å². The fraction of sp³-hybridized carbons (Fsp3) is 0.440. The number of piperazine rings is 1. The van der Waals surface area contributed by atoms with E-state index in [1.54, 1.807) is 7.11 Å². The number of rotatable bonds is 3. The second-order valence-corrected chi connectivity index (χ2v) is 9.21. The van der Waals surface area contributed by atoms with E-state index in [1.807, 2.05) is 0 Å². The van der Waals surface area contributed by atoms with E-state index in [0.29, 0.717) is 25.5 Å². The Balaban J connectivity index is 1.37. The minimum Gasteiger partial charge on any atom is -0.467 e. The van der Waals surface area contributed by atoms with E-state index in [1.165, 1.54) is 27.6 Å². The van der Waals surface area contributed by atoms with Gasteiger partial charge in [0.1, 0.15) is 12.0 Å². The molecule has 1 N–H and O–H groups in total. The van der Waals surface area contributed by atoms with E-state index < -0.39 is 6.17 Å². The molecule has 166 valence electrons. The summed E-state index contributed by atoms with van der Waals surface area (Å²) in [7, 11) is 1.61. The van der Waals surface area contributed by atoms with Crippen molar-refractivity contribution in [2.45, 2.75) is 44.6 Å². The maximum absolute atomic E-state index is 14.3. The molecular weight excluding hydrogens is 405 g/mol. The monoisotopic (exact) mass is 433 g/mol. The molecule has 0 saturated carbocycles. The first-order chi connectivity index (χ1) is 15.6. The standard InChI is InChI=1S/C25H28FN5O/c1-15-5-3-6-16-7-4-8-22(23(15)16)30-10-9-18-20(13-30)28-25(32-2)29-24(18)31-12-17-11-19(26)21(14-31)27-17/h3-8,17,19,21,27H,9-14H2,1-2H3. The largest absolute Gasteiger partial charge is 0.467 e. The molecule has 3 aliphatic rings. The van der Waals surface area contributed by atoms with Crippen molar-refractivity contribution in [3.8, 4) is 6.01 Å². The van der Waals surface area contributed by atoms with Crippen LogP contribution in [0.1, 0.15) is 23.2 Å². The van der Waals surface area contributed by atoms with E-state index in [-0.39, 0.29) is 12.1 Å². The lowest BCUT2D eigenvalue weighted by Crippen LogP contribution is -2.53. The Bertz CT molecular complexity index is 1180. The van der Waals surface area contributed by atoms with Crippen molar-refractivity contribution in [2.24, 2.45) is 0 Å². The summed E-state index contributed by atoms with van der Waals surface area (Å²) in [6.45, 7) is 5.18. The molecule has 2 saturated heterocycles. The molecule has 3 aromatic rings. The number of aromatic nitrogens is 2. The summed E-state index contributed by atoms with van der Waals surface area (Å²) in [5.74, 6) is 0.922. The van der Waals surface area contributed by atoms with Crippen molar-refractivity contribution in [3.05, 3.63) is 53.2 Å². The number of methoxy groups -OCH3 is 1. The molecule has 6 nitrogen and oxygen atoms in total. The summed E-state index contributed by atoms with van der Waals surface area (Å²) in [5.41, 5.74) is 4.70. The number of hydrogen-bond donors (Lipinski definition) is 1. The zero-order valence-corrected chi connectivity index (χ0v) is 18.5. The lowest BCUT2D eigenvalue weighted by Gasteiger charge is -2.37. The Kier molecular flexibility index (Phi) is 4.68. The minimum atomic E-state index is -0.783. The highest BCUT2D eigenvalue weighted by Crippen LogP contribution is 2.36. The molecule has 1 aromatic heterocycles. The predicted molar refractivity (Wildman–Crippen MR) is 124 cm³/mol. The highest BCUT2D eigenvalue weighted by Gasteiger charge is 2.41. The number of alkyl halides is 1. The summed E-state index contributed by atoms with van der Waals surface area (Å²) >= 11 is 0. The normalized spacial score (nSPS) is 24.7. The zero-order valence-electron chi connectivity index (χ0n) is 18.5. The number of hydrogen-bond acceptors (Lipinski definition) is 6. The number of nitrogens with zero attached hydrogens (tertiary/aromatic N) is 4. The Morgan fingerprint density at radius 3 is 2.75 bits per heavy atom. The molecule has 0 aliphatic carbocycles. The Morgan fingerprint density at radius 1 is 1.09 bits per heavy atom. The van der Waals surface area contributed by atoms with Gasteiger partial charge >= 0.3 is 6.01 Å². The molecule has 3 unspecified atom stereocenters. The third-order valence-corrected chi connectivity index (χ3v) is 7.19. The number of halogens is 1. The first-order valence-electron chi connectivity index (χ1n) is 11.4. The maximum Gasteiger partial charge on any atom is 0.318 e. The van der Waals surface area contributed by atoms with Crippen LogP contribution in [0.15, 0.2) is 36.4 Å². The van der Waals surface area contributed by atoms with E-state index in [0.717, 1.165) is 31.0 Å². The Hall–Kier alpha value is -2.93.